The van der Waals surface area contributed by atoms with Gasteiger partial charge in [-0.1, -0.05) is 6.08 Å². The van der Waals surface area contributed by atoms with Crippen LogP contribution in [-0.2, 0) is 11.0 Å². The molecular formula is C10H8F3NO. The summed E-state index contributed by atoms with van der Waals surface area (Å²) >= 11 is 0. The van der Waals surface area contributed by atoms with E-state index in [4.69, 9.17) is 5.73 Å². The predicted octanol–water partition coefficient (Wildman–Crippen LogP) is 2.50. The number of allylic oxidation sites excluding steroid dienone is 1. The molecule has 5 heteroatoms. The first kappa shape index (κ1) is 11.3. The first-order valence-electron chi connectivity index (χ1n) is 4.03. The molecule has 2 N–H and O–H groups in total. The minimum atomic E-state index is -4.45. The highest BCUT2D eigenvalue weighted by atomic mass is 19.4. The maximum absolute atomic E-state index is 12.4. The molecule has 0 amide bonds. The van der Waals surface area contributed by atoms with Crippen molar-refractivity contribution in [1.82, 2.24) is 0 Å². The van der Waals surface area contributed by atoms with Crippen LogP contribution in [0.25, 0.3) is 6.08 Å². The highest BCUT2D eigenvalue weighted by Crippen LogP contribution is 2.33. The topological polar surface area (TPSA) is 43.1 Å². The van der Waals surface area contributed by atoms with Crippen LogP contribution < -0.4 is 5.73 Å². The minimum absolute atomic E-state index is 0.116. The molecule has 1 rings (SSSR count). The maximum atomic E-state index is 12.4. The van der Waals surface area contributed by atoms with Crippen LogP contribution in [0.15, 0.2) is 24.3 Å². The molecular weight excluding hydrogens is 207 g/mol. The van der Waals surface area contributed by atoms with Crippen LogP contribution in [0.1, 0.15) is 11.1 Å². The van der Waals surface area contributed by atoms with Gasteiger partial charge in [-0.2, -0.15) is 13.2 Å². The Bertz CT molecular complexity index is 396. The summed E-state index contributed by atoms with van der Waals surface area (Å²) in [5, 5.41) is 0. The zero-order valence-electron chi connectivity index (χ0n) is 7.58. The average molecular weight is 215 g/mol. The van der Waals surface area contributed by atoms with Crippen LogP contribution in [0.2, 0.25) is 0 Å². The van der Waals surface area contributed by atoms with Crippen LogP contribution >= 0.6 is 0 Å². The molecule has 0 unspecified atom stereocenters. The molecule has 0 heterocycles. The molecule has 15 heavy (non-hydrogen) atoms. The maximum Gasteiger partial charge on any atom is 0.416 e. The largest absolute Gasteiger partial charge is 0.416 e. The number of rotatable bonds is 2. The number of alkyl halides is 3. The molecule has 0 saturated carbocycles. The Balaban J connectivity index is 3.26. The molecule has 0 aliphatic heterocycles. The molecule has 0 saturated heterocycles. The fourth-order valence-electron chi connectivity index (χ4n) is 1.12. The lowest BCUT2D eigenvalue weighted by molar-refractivity contribution is -0.137. The SMILES string of the molecule is Nc1ccc(C(F)(F)F)c(C=CC=O)c1. The van der Waals surface area contributed by atoms with E-state index in [1.165, 1.54) is 12.1 Å². The number of hydrogen-bond acceptors (Lipinski definition) is 2. The summed E-state index contributed by atoms with van der Waals surface area (Å²) < 4.78 is 37.3. The number of aldehydes is 1. The molecule has 0 aliphatic rings. The number of carbonyl (C=O) groups excluding carboxylic acids is 1. The number of halogens is 3. The van der Waals surface area contributed by atoms with Crippen LogP contribution in [0, 0.1) is 0 Å². The quantitative estimate of drug-likeness (QED) is 0.468. The van der Waals surface area contributed by atoms with Crippen molar-refractivity contribution < 1.29 is 18.0 Å². The van der Waals surface area contributed by atoms with Gasteiger partial charge >= 0.3 is 6.18 Å². The van der Waals surface area contributed by atoms with Gasteiger partial charge in [-0.15, -0.1) is 0 Å². The van der Waals surface area contributed by atoms with Crippen LogP contribution in [0.4, 0.5) is 18.9 Å². The standard InChI is InChI=1S/C10H8F3NO/c11-10(12,13)9-4-3-8(14)6-7(9)2-1-5-15/h1-6H,14H2. The van der Waals surface area contributed by atoms with E-state index in [9.17, 15) is 18.0 Å². The second-order valence-electron chi connectivity index (χ2n) is 2.84. The van der Waals surface area contributed by atoms with E-state index < -0.39 is 11.7 Å². The lowest BCUT2D eigenvalue weighted by atomic mass is 10.1. The van der Waals surface area contributed by atoms with Gasteiger partial charge < -0.3 is 5.73 Å². The van der Waals surface area contributed by atoms with Crippen molar-refractivity contribution in [3.63, 3.8) is 0 Å². The van der Waals surface area contributed by atoms with Gasteiger partial charge in [-0.05, 0) is 29.8 Å². The molecule has 2 nitrogen and oxygen atoms in total. The van der Waals surface area contributed by atoms with Gasteiger partial charge in [0.25, 0.3) is 0 Å². The molecule has 0 bridgehead atoms. The molecule has 1 aromatic carbocycles. The van der Waals surface area contributed by atoms with Gasteiger partial charge in [0.05, 0.1) is 5.56 Å². The monoisotopic (exact) mass is 215 g/mol. The summed E-state index contributed by atoms with van der Waals surface area (Å²) in [4.78, 5) is 10.0. The van der Waals surface area contributed by atoms with E-state index in [-0.39, 0.29) is 11.3 Å². The van der Waals surface area contributed by atoms with Crippen LogP contribution in [0.3, 0.4) is 0 Å². The third-order valence-corrected chi connectivity index (χ3v) is 1.74. The van der Waals surface area contributed by atoms with Crippen molar-refractivity contribution in [2.45, 2.75) is 6.18 Å². The zero-order chi connectivity index (χ0) is 11.5. The Morgan fingerprint density at radius 3 is 2.47 bits per heavy atom. The van der Waals surface area contributed by atoms with Gasteiger partial charge in [0.2, 0.25) is 0 Å². The van der Waals surface area contributed by atoms with Crippen molar-refractivity contribution >= 4 is 18.0 Å². The Morgan fingerprint density at radius 1 is 1.27 bits per heavy atom. The third kappa shape index (κ3) is 2.83. The second-order valence-corrected chi connectivity index (χ2v) is 2.84. The first-order chi connectivity index (χ1) is 6.95. The van der Waals surface area contributed by atoms with Gasteiger partial charge in [-0.25, -0.2) is 0 Å². The Labute approximate surface area is 84.2 Å². The summed E-state index contributed by atoms with van der Waals surface area (Å²) in [7, 11) is 0. The highest BCUT2D eigenvalue weighted by molar-refractivity contribution is 5.75. The van der Waals surface area contributed by atoms with Crippen molar-refractivity contribution in [2.24, 2.45) is 0 Å². The molecule has 0 radical (unpaired) electrons. The molecule has 0 fully saturated rings. The summed E-state index contributed by atoms with van der Waals surface area (Å²) in [5.41, 5.74) is 4.64. The summed E-state index contributed by atoms with van der Waals surface area (Å²) in [6, 6.07) is 3.23. The Morgan fingerprint density at radius 2 is 1.93 bits per heavy atom. The van der Waals surface area contributed by atoms with Crippen molar-refractivity contribution in [3.8, 4) is 0 Å². The Kier molecular flexibility index (Phi) is 3.14. The average Bonchev–Trinajstić information content (AvgIpc) is 2.12. The lowest BCUT2D eigenvalue weighted by Gasteiger charge is -2.10. The van der Waals surface area contributed by atoms with Gasteiger partial charge in [0, 0.05) is 5.69 Å². The number of carbonyl (C=O) groups is 1. The van der Waals surface area contributed by atoms with E-state index in [0.29, 0.717) is 6.29 Å². The minimum Gasteiger partial charge on any atom is -0.399 e. The van der Waals surface area contributed by atoms with E-state index >= 15 is 0 Å². The number of benzene rings is 1. The molecule has 80 valence electrons. The van der Waals surface area contributed by atoms with Crippen molar-refractivity contribution in [3.05, 3.63) is 35.4 Å². The summed E-state index contributed by atoms with van der Waals surface area (Å²) in [6.07, 6.45) is -1.98. The molecule has 0 spiro atoms. The molecule has 0 aromatic heterocycles. The zero-order valence-corrected chi connectivity index (χ0v) is 7.58. The number of nitrogens with two attached hydrogens (primary N) is 1. The summed E-state index contributed by atoms with van der Waals surface area (Å²) in [5.74, 6) is 0. The fourth-order valence-corrected chi connectivity index (χ4v) is 1.12. The molecule has 0 aliphatic carbocycles. The number of nitrogen functional groups attached to an aromatic ring is 1. The van der Waals surface area contributed by atoms with E-state index in [0.717, 1.165) is 18.2 Å². The summed E-state index contributed by atoms with van der Waals surface area (Å²) in [6.45, 7) is 0. The first-order valence-corrected chi connectivity index (χ1v) is 4.03. The third-order valence-electron chi connectivity index (χ3n) is 1.74. The van der Waals surface area contributed by atoms with Gasteiger partial charge in [-0.3, -0.25) is 4.79 Å². The van der Waals surface area contributed by atoms with Gasteiger partial charge in [0.1, 0.15) is 6.29 Å². The second kappa shape index (κ2) is 4.16. The molecule has 0 atom stereocenters. The van der Waals surface area contributed by atoms with Crippen LogP contribution in [-0.4, -0.2) is 6.29 Å². The predicted molar refractivity (Wildman–Crippen MR) is 51.0 cm³/mol. The smallest absolute Gasteiger partial charge is 0.399 e. The molecule has 1 aromatic rings. The van der Waals surface area contributed by atoms with Crippen LogP contribution in [0.5, 0.6) is 0 Å². The van der Waals surface area contributed by atoms with E-state index in [1.54, 1.807) is 0 Å². The van der Waals surface area contributed by atoms with E-state index in [1.807, 2.05) is 0 Å². The highest BCUT2D eigenvalue weighted by Gasteiger charge is 2.32. The van der Waals surface area contributed by atoms with E-state index in [2.05, 4.69) is 0 Å². The van der Waals surface area contributed by atoms with Crippen molar-refractivity contribution in [2.75, 3.05) is 5.73 Å². The van der Waals surface area contributed by atoms with Crippen molar-refractivity contribution in [1.29, 1.82) is 0 Å². The Hall–Kier alpha value is -1.78. The fraction of sp³-hybridized carbons (Fsp3) is 0.100. The number of hydrogen-bond donors (Lipinski definition) is 1. The number of anilines is 1. The van der Waals surface area contributed by atoms with Gasteiger partial charge in [0.15, 0.2) is 0 Å². The lowest BCUT2D eigenvalue weighted by Crippen LogP contribution is -2.07. The normalized spacial score (nSPS) is 11.9.